The van der Waals surface area contributed by atoms with Crippen molar-refractivity contribution >= 4 is 11.9 Å². The molecule has 2 fully saturated rings. The highest BCUT2D eigenvalue weighted by molar-refractivity contribution is 6.07. The van der Waals surface area contributed by atoms with Crippen molar-refractivity contribution < 1.29 is 9.59 Å². The number of aryl methyl sites for hydroxylation is 1. The first-order valence-corrected chi connectivity index (χ1v) is 7.74. The minimum Gasteiger partial charge on any atom is -0.333 e. The smallest absolute Gasteiger partial charge is 0.325 e. The Balaban J connectivity index is 1.78. The van der Waals surface area contributed by atoms with Crippen molar-refractivity contribution in [2.24, 2.45) is 0 Å². The number of imide groups is 1. The van der Waals surface area contributed by atoms with E-state index < -0.39 is 5.54 Å². The molecule has 0 bridgehead atoms. The number of urea groups is 1. The first kappa shape index (κ1) is 14.1. The highest BCUT2D eigenvalue weighted by atomic mass is 16.2. The molecule has 21 heavy (non-hydrogen) atoms. The summed E-state index contributed by atoms with van der Waals surface area (Å²) < 4.78 is 2.01. The molecule has 1 aliphatic carbocycles. The minimum absolute atomic E-state index is 0.100. The molecular formula is C15H22N4O2. The van der Waals surface area contributed by atoms with Gasteiger partial charge in [-0.2, -0.15) is 0 Å². The maximum atomic E-state index is 12.4. The Morgan fingerprint density at radius 1 is 1.19 bits per heavy atom. The highest BCUT2D eigenvalue weighted by Crippen LogP contribution is 2.36. The van der Waals surface area contributed by atoms with Crippen molar-refractivity contribution in [2.75, 3.05) is 6.54 Å². The van der Waals surface area contributed by atoms with Gasteiger partial charge in [-0.05, 0) is 19.8 Å². The lowest BCUT2D eigenvalue weighted by molar-refractivity contribution is -0.127. The Labute approximate surface area is 124 Å². The van der Waals surface area contributed by atoms with Crippen molar-refractivity contribution in [2.45, 2.75) is 57.5 Å². The Bertz CT molecular complexity index is 544. The molecule has 3 rings (SSSR count). The maximum Gasteiger partial charge on any atom is 0.325 e. The fourth-order valence-electron chi connectivity index (χ4n) is 3.57. The third-order valence-electron chi connectivity index (χ3n) is 4.82. The van der Waals surface area contributed by atoms with Gasteiger partial charge in [-0.3, -0.25) is 10.1 Å². The van der Waals surface area contributed by atoms with E-state index in [1.54, 1.807) is 11.1 Å². The second kappa shape index (κ2) is 5.50. The van der Waals surface area contributed by atoms with E-state index in [1.807, 2.05) is 17.7 Å². The fraction of sp³-hybridized carbons (Fsp3) is 0.667. The minimum atomic E-state index is -0.609. The van der Waals surface area contributed by atoms with E-state index in [9.17, 15) is 9.59 Å². The molecule has 1 N–H and O–H groups in total. The van der Waals surface area contributed by atoms with Crippen LogP contribution >= 0.6 is 0 Å². The number of nitrogens with zero attached hydrogens (tertiary/aromatic N) is 3. The quantitative estimate of drug-likeness (QED) is 0.864. The molecule has 1 saturated heterocycles. The standard InChI is InChI=1S/C15H22N4O2/c1-12-16-8-9-18(12)10-11-19-14(21)17-13(20)15(19)6-4-2-3-5-7-15/h8-9H,2-7,10-11H2,1H3,(H,17,20,21). The number of imidazole rings is 1. The molecule has 2 heterocycles. The third-order valence-corrected chi connectivity index (χ3v) is 4.82. The van der Waals surface area contributed by atoms with E-state index in [2.05, 4.69) is 10.3 Å². The summed E-state index contributed by atoms with van der Waals surface area (Å²) in [6, 6.07) is -0.236. The van der Waals surface area contributed by atoms with Gasteiger partial charge in [0.15, 0.2) is 0 Å². The van der Waals surface area contributed by atoms with Crippen LogP contribution in [0, 0.1) is 6.92 Å². The molecule has 1 saturated carbocycles. The van der Waals surface area contributed by atoms with Crippen LogP contribution in [0.4, 0.5) is 4.79 Å². The molecule has 3 amide bonds. The number of rotatable bonds is 3. The van der Waals surface area contributed by atoms with E-state index >= 15 is 0 Å². The van der Waals surface area contributed by atoms with Gasteiger partial charge in [0.1, 0.15) is 11.4 Å². The van der Waals surface area contributed by atoms with Gasteiger partial charge in [-0.25, -0.2) is 9.78 Å². The number of aromatic nitrogens is 2. The average molecular weight is 290 g/mol. The SMILES string of the molecule is Cc1nccn1CCN1C(=O)NC(=O)C12CCCCCC2. The number of nitrogens with one attached hydrogen (secondary N) is 1. The predicted octanol–water partition coefficient (Wildman–Crippen LogP) is 1.84. The summed E-state index contributed by atoms with van der Waals surface area (Å²) >= 11 is 0. The lowest BCUT2D eigenvalue weighted by Gasteiger charge is -2.34. The summed E-state index contributed by atoms with van der Waals surface area (Å²) in [5.41, 5.74) is -0.609. The molecule has 1 spiro atoms. The van der Waals surface area contributed by atoms with Gasteiger partial charge < -0.3 is 9.47 Å². The molecule has 6 nitrogen and oxygen atoms in total. The summed E-state index contributed by atoms with van der Waals surface area (Å²) in [5, 5.41) is 2.52. The number of carbonyl (C=O) groups excluding carboxylic acids is 2. The molecule has 1 aliphatic heterocycles. The van der Waals surface area contributed by atoms with Gasteiger partial charge in [-0.1, -0.05) is 25.7 Å². The van der Waals surface area contributed by atoms with Crippen LogP contribution in [0.15, 0.2) is 12.4 Å². The van der Waals surface area contributed by atoms with E-state index in [4.69, 9.17) is 0 Å². The van der Waals surface area contributed by atoms with Crippen LogP contribution in [0.3, 0.4) is 0 Å². The van der Waals surface area contributed by atoms with Crippen LogP contribution in [0.1, 0.15) is 44.3 Å². The molecule has 1 aromatic rings. The monoisotopic (exact) mass is 290 g/mol. The van der Waals surface area contributed by atoms with Crippen LogP contribution in [-0.2, 0) is 11.3 Å². The molecule has 6 heteroatoms. The van der Waals surface area contributed by atoms with Crippen molar-refractivity contribution in [3.63, 3.8) is 0 Å². The highest BCUT2D eigenvalue weighted by Gasteiger charge is 2.51. The lowest BCUT2D eigenvalue weighted by atomic mass is 9.88. The molecular weight excluding hydrogens is 268 g/mol. The number of hydrogen-bond donors (Lipinski definition) is 1. The van der Waals surface area contributed by atoms with Gasteiger partial charge >= 0.3 is 6.03 Å². The Kier molecular flexibility index (Phi) is 3.69. The first-order chi connectivity index (χ1) is 10.1. The van der Waals surface area contributed by atoms with Crippen LogP contribution in [-0.4, -0.2) is 38.5 Å². The zero-order chi connectivity index (χ0) is 14.9. The molecule has 1 aromatic heterocycles. The summed E-state index contributed by atoms with van der Waals surface area (Å²) in [6.07, 6.45) is 9.57. The fourth-order valence-corrected chi connectivity index (χ4v) is 3.57. The predicted molar refractivity (Wildman–Crippen MR) is 77.6 cm³/mol. The average Bonchev–Trinajstić information content (AvgIpc) is 2.84. The number of amides is 3. The van der Waals surface area contributed by atoms with E-state index in [-0.39, 0.29) is 11.9 Å². The van der Waals surface area contributed by atoms with Gasteiger partial charge in [0.2, 0.25) is 0 Å². The summed E-state index contributed by atoms with van der Waals surface area (Å²) in [7, 11) is 0. The van der Waals surface area contributed by atoms with Crippen LogP contribution in [0.5, 0.6) is 0 Å². The molecule has 0 aromatic carbocycles. The number of hydrogen-bond acceptors (Lipinski definition) is 3. The molecule has 0 unspecified atom stereocenters. The normalized spacial score (nSPS) is 21.7. The van der Waals surface area contributed by atoms with Crippen LogP contribution in [0.2, 0.25) is 0 Å². The van der Waals surface area contributed by atoms with E-state index in [0.717, 1.165) is 44.3 Å². The van der Waals surface area contributed by atoms with Crippen molar-refractivity contribution in [1.29, 1.82) is 0 Å². The van der Waals surface area contributed by atoms with Gasteiger partial charge in [-0.15, -0.1) is 0 Å². The number of carbonyl (C=O) groups is 2. The Hall–Kier alpha value is -1.85. The second-order valence-corrected chi connectivity index (χ2v) is 6.02. The zero-order valence-electron chi connectivity index (χ0n) is 12.5. The molecule has 0 radical (unpaired) electrons. The second-order valence-electron chi connectivity index (χ2n) is 6.02. The topological polar surface area (TPSA) is 67.2 Å². The molecule has 114 valence electrons. The van der Waals surface area contributed by atoms with Crippen molar-refractivity contribution in [3.05, 3.63) is 18.2 Å². The van der Waals surface area contributed by atoms with Gasteiger partial charge in [0, 0.05) is 25.5 Å². The first-order valence-electron chi connectivity index (χ1n) is 7.74. The van der Waals surface area contributed by atoms with E-state index in [0.29, 0.717) is 13.1 Å². The van der Waals surface area contributed by atoms with E-state index in [1.165, 1.54) is 0 Å². The third kappa shape index (κ3) is 2.43. The van der Waals surface area contributed by atoms with Gasteiger partial charge in [0.25, 0.3) is 5.91 Å². The van der Waals surface area contributed by atoms with Crippen LogP contribution in [0.25, 0.3) is 0 Å². The zero-order valence-corrected chi connectivity index (χ0v) is 12.5. The summed E-state index contributed by atoms with van der Waals surface area (Å²) in [6.45, 7) is 3.17. The Morgan fingerprint density at radius 2 is 1.90 bits per heavy atom. The van der Waals surface area contributed by atoms with Crippen molar-refractivity contribution in [1.82, 2.24) is 19.8 Å². The van der Waals surface area contributed by atoms with Crippen molar-refractivity contribution in [3.8, 4) is 0 Å². The Morgan fingerprint density at radius 3 is 2.52 bits per heavy atom. The maximum absolute atomic E-state index is 12.4. The van der Waals surface area contributed by atoms with Crippen LogP contribution < -0.4 is 5.32 Å². The lowest BCUT2D eigenvalue weighted by Crippen LogP contribution is -2.50. The summed E-state index contributed by atoms with van der Waals surface area (Å²) in [4.78, 5) is 30.5. The summed E-state index contributed by atoms with van der Waals surface area (Å²) in [5.74, 6) is 0.826. The molecule has 2 aliphatic rings. The largest absolute Gasteiger partial charge is 0.333 e. The van der Waals surface area contributed by atoms with Gasteiger partial charge in [0.05, 0.1) is 0 Å². The molecule has 0 atom stereocenters.